The molecule has 0 fully saturated rings. The third-order valence-electron chi connectivity index (χ3n) is 2.32. The number of halogens is 2. The van der Waals surface area contributed by atoms with Gasteiger partial charge >= 0.3 is 0 Å². The highest BCUT2D eigenvalue weighted by atomic mass is 79.9. The zero-order chi connectivity index (χ0) is 11.6. The van der Waals surface area contributed by atoms with E-state index in [4.69, 9.17) is 5.73 Å². The quantitative estimate of drug-likeness (QED) is 0.890. The van der Waals surface area contributed by atoms with E-state index in [1.165, 1.54) is 0 Å². The van der Waals surface area contributed by atoms with Crippen LogP contribution in [-0.2, 0) is 0 Å². The average molecular weight is 337 g/mol. The Morgan fingerprint density at radius 2 is 1.60 bits per heavy atom. The fourth-order valence-corrected chi connectivity index (χ4v) is 2.71. The van der Waals surface area contributed by atoms with Crippen molar-refractivity contribution < 1.29 is 5.11 Å². The van der Waals surface area contributed by atoms with Crippen molar-refractivity contribution >= 4 is 31.9 Å². The topological polar surface area (TPSA) is 46.2 Å². The number of hydrogen-bond donors (Lipinski definition) is 2. The maximum atomic E-state index is 9.87. The van der Waals surface area contributed by atoms with Gasteiger partial charge in [0, 0.05) is 8.95 Å². The first-order valence-electron chi connectivity index (χ1n) is 4.81. The van der Waals surface area contributed by atoms with Crippen molar-refractivity contribution in [3.05, 3.63) is 32.7 Å². The fourth-order valence-electron chi connectivity index (χ4n) is 1.38. The minimum absolute atomic E-state index is 0.151. The molecule has 0 aliphatic carbocycles. The van der Waals surface area contributed by atoms with Crippen LogP contribution in [0.2, 0.25) is 0 Å². The molecular weight excluding hydrogens is 322 g/mol. The number of aliphatic hydroxyl groups is 1. The predicted octanol–water partition coefficient (Wildman–Crippen LogP) is 3.23. The Hall–Kier alpha value is 0.1000. The Morgan fingerprint density at radius 1 is 1.13 bits per heavy atom. The lowest BCUT2D eigenvalue weighted by atomic mass is 9.95. The van der Waals surface area contributed by atoms with Crippen molar-refractivity contribution in [2.45, 2.75) is 26.0 Å². The molecule has 0 radical (unpaired) electrons. The van der Waals surface area contributed by atoms with Crippen LogP contribution >= 0.6 is 31.9 Å². The van der Waals surface area contributed by atoms with Crippen molar-refractivity contribution in [3.8, 4) is 0 Å². The van der Waals surface area contributed by atoms with Crippen molar-refractivity contribution in [2.24, 2.45) is 11.7 Å². The molecule has 1 aromatic rings. The molecule has 3 N–H and O–H groups in total. The van der Waals surface area contributed by atoms with E-state index in [0.717, 1.165) is 14.5 Å². The van der Waals surface area contributed by atoms with Crippen molar-refractivity contribution in [1.29, 1.82) is 0 Å². The Balaban J connectivity index is 2.95. The van der Waals surface area contributed by atoms with Crippen LogP contribution in [0, 0.1) is 5.92 Å². The third kappa shape index (κ3) is 3.55. The van der Waals surface area contributed by atoms with Crippen LogP contribution in [0.3, 0.4) is 0 Å². The molecule has 15 heavy (non-hydrogen) atoms. The van der Waals surface area contributed by atoms with Crippen molar-refractivity contribution in [2.75, 3.05) is 0 Å². The fraction of sp³-hybridized carbons (Fsp3) is 0.455. The van der Waals surface area contributed by atoms with Gasteiger partial charge in [0.05, 0.1) is 12.1 Å². The highest BCUT2D eigenvalue weighted by molar-refractivity contribution is 9.11. The van der Waals surface area contributed by atoms with Crippen LogP contribution in [0.1, 0.15) is 25.5 Å². The van der Waals surface area contributed by atoms with Crippen LogP contribution in [-0.4, -0.2) is 11.2 Å². The van der Waals surface area contributed by atoms with Gasteiger partial charge in [-0.1, -0.05) is 45.7 Å². The lowest BCUT2D eigenvalue weighted by molar-refractivity contribution is 0.0979. The second-order valence-electron chi connectivity index (χ2n) is 3.96. The number of benzene rings is 1. The first-order valence-corrected chi connectivity index (χ1v) is 6.40. The summed E-state index contributed by atoms with van der Waals surface area (Å²) in [5, 5.41) is 9.87. The summed E-state index contributed by atoms with van der Waals surface area (Å²) in [6.45, 7) is 3.91. The summed E-state index contributed by atoms with van der Waals surface area (Å²) >= 11 is 6.80. The molecule has 0 amide bonds. The second-order valence-corrected chi connectivity index (χ2v) is 5.79. The molecule has 0 heterocycles. The largest absolute Gasteiger partial charge is 0.391 e. The van der Waals surface area contributed by atoms with Crippen LogP contribution in [0.15, 0.2) is 27.1 Å². The van der Waals surface area contributed by atoms with Gasteiger partial charge in [-0.2, -0.15) is 0 Å². The standard InChI is InChI=1S/C11H15Br2NO/c1-6(2)11(15)10(14)7-3-8(12)5-9(13)4-7/h3-6,10-11,15H,14H2,1-2H3/t10-,11+/m1/s1. The smallest absolute Gasteiger partial charge is 0.0755 e. The van der Waals surface area contributed by atoms with Gasteiger partial charge in [0.25, 0.3) is 0 Å². The lowest BCUT2D eigenvalue weighted by Crippen LogP contribution is -2.30. The molecule has 1 aromatic carbocycles. The van der Waals surface area contributed by atoms with Crippen LogP contribution < -0.4 is 5.73 Å². The van der Waals surface area contributed by atoms with Gasteiger partial charge in [-0.25, -0.2) is 0 Å². The van der Waals surface area contributed by atoms with E-state index >= 15 is 0 Å². The Bertz CT molecular complexity index is 321. The number of rotatable bonds is 3. The van der Waals surface area contributed by atoms with Crippen molar-refractivity contribution in [1.82, 2.24) is 0 Å². The summed E-state index contributed by atoms with van der Waals surface area (Å²) in [6.07, 6.45) is -0.522. The molecule has 0 bridgehead atoms. The average Bonchev–Trinajstić information content (AvgIpc) is 2.13. The summed E-state index contributed by atoms with van der Waals surface area (Å²) in [6, 6.07) is 5.46. The van der Waals surface area contributed by atoms with E-state index < -0.39 is 6.10 Å². The van der Waals surface area contributed by atoms with Crippen LogP contribution in [0.5, 0.6) is 0 Å². The Labute approximate surface area is 107 Å². The number of nitrogens with two attached hydrogens (primary N) is 1. The summed E-state index contributed by atoms with van der Waals surface area (Å²) in [5.74, 6) is 0.151. The predicted molar refractivity (Wildman–Crippen MR) is 69.6 cm³/mol. The monoisotopic (exact) mass is 335 g/mol. The molecular formula is C11H15Br2NO. The third-order valence-corrected chi connectivity index (χ3v) is 3.24. The van der Waals surface area contributed by atoms with Gasteiger partial charge in [-0.3, -0.25) is 0 Å². The number of hydrogen-bond acceptors (Lipinski definition) is 2. The van der Waals surface area contributed by atoms with Gasteiger partial charge in [-0.05, 0) is 29.7 Å². The van der Waals surface area contributed by atoms with E-state index in [2.05, 4.69) is 31.9 Å². The van der Waals surface area contributed by atoms with E-state index in [9.17, 15) is 5.11 Å². The first kappa shape index (κ1) is 13.2. The van der Waals surface area contributed by atoms with Gasteiger partial charge < -0.3 is 10.8 Å². The zero-order valence-electron chi connectivity index (χ0n) is 8.74. The Morgan fingerprint density at radius 3 is 2.00 bits per heavy atom. The van der Waals surface area contributed by atoms with E-state index in [1.54, 1.807) is 0 Å². The molecule has 0 aliphatic heterocycles. The summed E-state index contributed by atoms with van der Waals surface area (Å²) < 4.78 is 1.91. The Kier molecular flexibility index (Phi) is 4.77. The summed E-state index contributed by atoms with van der Waals surface area (Å²) in [4.78, 5) is 0. The van der Waals surface area contributed by atoms with Crippen LogP contribution in [0.25, 0.3) is 0 Å². The minimum atomic E-state index is -0.522. The summed E-state index contributed by atoms with van der Waals surface area (Å²) in [5.41, 5.74) is 6.91. The van der Waals surface area contributed by atoms with Gasteiger partial charge in [0.15, 0.2) is 0 Å². The van der Waals surface area contributed by atoms with Crippen LogP contribution in [0.4, 0.5) is 0 Å². The highest BCUT2D eigenvalue weighted by Crippen LogP contribution is 2.26. The second kappa shape index (κ2) is 5.43. The molecule has 4 heteroatoms. The number of aliphatic hydroxyl groups excluding tert-OH is 1. The normalized spacial score (nSPS) is 15.4. The van der Waals surface area contributed by atoms with E-state index in [1.807, 2.05) is 32.0 Å². The molecule has 2 nitrogen and oxygen atoms in total. The molecule has 1 rings (SSSR count). The first-order chi connectivity index (χ1) is 6.91. The van der Waals surface area contributed by atoms with E-state index in [0.29, 0.717) is 0 Å². The summed E-state index contributed by atoms with van der Waals surface area (Å²) in [7, 11) is 0. The lowest BCUT2D eigenvalue weighted by Gasteiger charge is -2.22. The molecule has 84 valence electrons. The molecule has 0 saturated heterocycles. The molecule has 0 aromatic heterocycles. The molecule has 2 atom stereocenters. The maximum absolute atomic E-state index is 9.87. The highest BCUT2D eigenvalue weighted by Gasteiger charge is 2.20. The maximum Gasteiger partial charge on any atom is 0.0755 e. The minimum Gasteiger partial charge on any atom is -0.391 e. The van der Waals surface area contributed by atoms with Gasteiger partial charge in [0.1, 0.15) is 0 Å². The SMILES string of the molecule is CC(C)[C@H](O)[C@H](N)c1cc(Br)cc(Br)c1. The molecule has 0 spiro atoms. The zero-order valence-corrected chi connectivity index (χ0v) is 11.9. The van der Waals surface area contributed by atoms with E-state index in [-0.39, 0.29) is 12.0 Å². The van der Waals surface area contributed by atoms with Gasteiger partial charge in [0.2, 0.25) is 0 Å². The molecule has 0 saturated carbocycles. The van der Waals surface area contributed by atoms with Gasteiger partial charge in [-0.15, -0.1) is 0 Å². The van der Waals surface area contributed by atoms with Crippen molar-refractivity contribution in [3.63, 3.8) is 0 Å². The molecule has 0 aliphatic rings. The molecule has 0 unspecified atom stereocenters.